The van der Waals surface area contributed by atoms with Gasteiger partial charge in [-0.15, -0.1) is 0 Å². The minimum atomic E-state index is -3.92. The summed E-state index contributed by atoms with van der Waals surface area (Å²) in [6.07, 6.45) is -0.442. The van der Waals surface area contributed by atoms with Crippen LogP contribution in [0, 0.1) is 5.92 Å². The van der Waals surface area contributed by atoms with Gasteiger partial charge in [0.2, 0.25) is 15.9 Å². The average molecular weight is 477 g/mol. The molecule has 0 bridgehead atoms. The Morgan fingerprint density at radius 1 is 1.27 bits per heavy atom. The highest BCUT2D eigenvalue weighted by molar-refractivity contribution is 7.89. The normalized spacial score (nSPS) is 21.2. The maximum Gasteiger partial charge on any atom is 0.247 e. The highest BCUT2D eigenvalue weighted by atomic mass is 32.2. The number of ether oxygens (including phenoxy) is 2. The number of benzene rings is 2. The highest BCUT2D eigenvalue weighted by Crippen LogP contribution is 2.37. The minimum Gasteiger partial charge on any atom is -0.497 e. The molecule has 3 rings (SSSR count). The Morgan fingerprint density at radius 2 is 1.97 bits per heavy atom. The molecule has 2 aromatic carbocycles. The summed E-state index contributed by atoms with van der Waals surface area (Å²) in [4.78, 5) is 13.5. The molecule has 0 aromatic heterocycles. The number of rotatable bonds is 6. The van der Waals surface area contributed by atoms with Crippen LogP contribution in [0.25, 0.3) is 11.1 Å². The first-order valence-electron chi connectivity index (χ1n) is 10.9. The van der Waals surface area contributed by atoms with E-state index in [9.17, 15) is 18.3 Å². The van der Waals surface area contributed by atoms with Gasteiger partial charge in [-0.2, -0.15) is 4.31 Å². The van der Waals surface area contributed by atoms with Gasteiger partial charge in [-0.3, -0.25) is 4.79 Å². The lowest BCUT2D eigenvalue weighted by molar-refractivity contribution is -0.129. The molecule has 3 atom stereocenters. The molecule has 1 N–H and O–H groups in total. The molecule has 0 saturated carbocycles. The predicted molar refractivity (Wildman–Crippen MR) is 126 cm³/mol. The largest absolute Gasteiger partial charge is 0.497 e. The number of carbonyl (C=O) groups is 1. The van der Waals surface area contributed by atoms with E-state index in [0.29, 0.717) is 12.3 Å². The van der Waals surface area contributed by atoms with E-state index in [2.05, 4.69) is 0 Å². The Morgan fingerprint density at radius 3 is 2.61 bits per heavy atom. The highest BCUT2D eigenvalue weighted by Gasteiger charge is 2.38. The number of methoxy groups -OCH3 is 1. The lowest BCUT2D eigenvalue weighted by atomic mass is 10.0. The molecule has 33 heavy (non-hydrogen) atoms. The summed E-state index contributed by atoms with van der Waals surface area (Å²) in [7, 11) is -0.647. The Hall–Kier alpha value is -2.62. The average Bonchev–Trinajstić information content (AvgIpc) is 2.80. The third-order valence-electron chi connectivity index (χ3n) is 6.06. The van der Waals surface area contributed by atoms with Crippen molar-refractivity contribution in [2.45, 2.75) is 37.8 Å². The van der Waals surface area contributed by atoms with Crippen LogP contribution in [0.5, 0.6) is 11.5 Å². The first kappa shape index (κ1) is 25.0. The van der Waals surface area contributed by atoms with Crippen molar-refractivity contribution in [2.75, 3.05) is 33.9 Å². The number of aliphatic hydroxyl groups excluding tert-OH is 1. The van der Waals surface area contributed by atoms with Crippen LogP contribution in [0.1, 0.15) is 20.8 Å². The molecule has 1 aliphatic heterocycles. The van der Waals surface area contributed by atoms with Crippen molar-refractivity contribution in [2.24, 2.45) is 5.92 Å². The number of likely N-dealkylation sites (N-methyl/N-ethyl adjacent to an activating group) is 1. The summed E-state index contributed by atoms with van der Waals surface area (Å²) in [6.45, 7) is 5.21. The van der Waals surface area contributed by atoms with Crippen LogP contribution in [0.3, 0.4) is 0 Å². The van der Waals surface area contributed by atoms with Crippen LogP contribution < -0.4 is 9.47 Å². The zero-order chi connectivity index (χ0) is 24.3. The van der Waals surface area contributed by atoms with Gasteiger partial charge in [0.25, 0.3) is 0 Å². The topological polar surface area (TPSA) is 96.4 Å². The van der Waals surface area contributed by atoms with Gasteiger partial charge in [0.05, 0.1) is 20.3 Å². The minimum absolute atomic E-state index is 0.0387. The van der Waals surface area contributed by atoms with Gasteiger partial charge < -0.3 is 19.5 Å². The second-order valence-corrected chi connectivity index (χ2v) is 10.4. The molecule has 9 heteroatoms. The van der Waals surface area contributed by atoms with E-state index >= 15 is 0 Å². The molecule has 0 fully saturated rings. The lowest BCUT2D eigenvalue weighted by Crippen LogP contribution is -2.50. The van der Waals surface area contributed by atoms with E-state index in [-0.39, 0.29) is 35.6 Å². The van der Waals surface area contributed by atoms with E-state index in [1.807, 2.05) is 31.2 Å². The van der Waals surface area contributed by atoms with Gasteiger partial charge in [0, 0.05) is 32.5 Å². The van der Waals surface area contributed by atoms with Gasteiger partial charge in [-0.05, 0) is 42.3 Å². The molecule has 0 radical (unpaired) electrons. The lowest BCUT2D eigenvalue weighted by Gasteiger charge is -2.37. The molecule has 180 valence electrons. The first-order chi connectivity index (χ1) is 15.6. The van der Waals surface area contributed by atoms with Crippen molar-refractivity contribution in [3.05, 3.63) is 42.5 Å². The van der Waals surface area contributed by atoms with Crippen LogP contribution in [0.4, 0.5) is 0 Å². The number of sulfonamides is 1. The van der Waals surface area contributed by atoms with Crippen LogP contribution in [0.15, 0.2) is 47.4 Å². The molecule has 0 unspecified atom stereocenters. The van der Waals surface area contributed by atoms with Crippen LogP contribution in [-0.4, -0.2) is 74.6 Å². The molecule has 1 amide bonds. The molecule has 0 aliphatic carbocycles. The van der Waals surface area contributed by atoms with Gasteiger partial charge >= 0.3 is 0 Å². The Kier molecular flexibility index (Phi) is 7.66. The second-order valence-electron chi connectivity index (χ2n) is 8.53. The summed E-state index contributed by atoms with van der Waals surface area (Å²) < 4.78 is 40.0. The van der Waals surface area contributed by atoms with Gasteiger partial charge in [0.1, 0.15) is 22.5 Å². The van der Waals surface area contributed by atoms with Crippen molar-refractivity contribution >= 4 is 15.9 Å². The van der Waals surface area contributed by atoms with Crippen molar-refractivity contribution in [1.82, 2.24) is 9.21 Å². The number of nitrogens with zero attached hydrogens (tertiary/aromatic N) is 2. The summed E-state index contributed by atoms with van der Waals surface area (Å²) in [5.74, 6) is 0.569. The first-order valence-corrected chi connectivity index (χ1v) is 12.3. The number of hydrogen-bond donors (Lipinski definition) is 1. The maximum atomic E-state index is 13.6. The van der Waals surface area contributed by atoms with E-state index in [0.717, 1.165) is 11.1 Å². The SMILES string of the molecule is COc1cccc(-c2ccc3c(c2)O[C@@H](CN(C)C(C)=O)[C@@H](C)CN([C@@H](C)CO)S3(=O)=O)c1. The number of carbonyl (C=O) groups excluding carboxylic acids is 1. The molecule has 1 aliphatic rings. The zero-order valence-electron chi connectivity index (χ0n) is 19.7. The second kappa shape index (κ2) is 10.1. The molecule has 2 aromatic rings. The van der Waals surface area contributed by atoms with Crippen molar-refractivity contribution in [3.8, 4) is 22.6 Å². The van der Waals surface area contributed by atoms with Crippen molar-refractivity contribution < 1.29 is 27.8 Å². The summed E-state index contributed by atoms with van der Waals surface area (Å²) in [5.41, 5.74) is 1.63. The van der Waals surface area contributed by atoms with E-state index < -0.39 is 22.2 Å². The van der Waals surface area contributed by atoms with Crippen molar-refractivity contribution in [1.29, 1.82) is 0 Å². The quantitative estimate of drug-likeness (QED) is 0.689. The van der Waals surface area contributed by atoms with E-state index in [1.54, 1.807) is 38.1 Å². The molecule has 8 nitrogen and oxygen atoms in total. The van der Waals surface area contributed by atoms with Crippen LogP contribution in [0.2, 0.25) is 0 Å². The van der Waals surface area contributed by atoms with E-state index in [4.69, 9.17) is 9.47 Å². The third-order valence-corrected chi connectivity index (χ3v) is 8.08. The Bertz CT molecular complexity index is 1100. The smallest absolute Gasteiger partial charge is 0.247 e. The zero-order valence-corrected chi connectivity index (χ0v) is 20.5. The monoisotopic (exact) mass is 476 g/mol. The fourth-order valence-corrected chi connectivity index (χ4v) is 5.65. The fourth-order valence-electron chi connectivity index (χ4n) is 3.82. The van der Waals surface area contributed by atoms with Gasteiger partial charge in [0.15, 0.2) is 0 Å². The van der Waals surface area contributed by atoms with E-state index in [1.165, 1.54) is 17.3 Å². The third kappa shape index (κ3) is 5.31. The number of fused-ring (bicyclic) bond motifs is 1. The summed E-state index contributed by atoms with van der Waals surface area (Å²) in [6, 6.07) is 11.8. The van der Waals surface area contributed by atoms with Crippen LogP contribution >= 0.6 is 0 Å². The van der Waals surface area contributed by atoms with Gasteiger partial charge in [-0.25, -0.2) is 8.42 Å². The van der Waals surface area contributed by atoms with Crippen LogP contribution in [-0.2, 0) is 14.8 Å². The number of aliphatic hydroxyl groups is 1. The molecule has 0 saturated heterocycles. The van der Waals surface area contributed by atoms with Gasteiger partial charge in [-0.1, -0.05) is 25.1 Å². The summed E-state index contributed by atoms with van der Waals surface area (Å²) >= 11 is 0. The maximum absolute atomic E-state index is 13.6. The fraction of sp³-hybridized carbons (Fsp3) is 0.458. The predicted octanol–water partition coefficient (Wildman–Crippen LogP) is 2.61. The molecular weight excluding hydrogens is 444 g/mol. The number of amides is 1. The molecule has 1 heterocycles. The standard InChI is InChI=1S/C24H32N2O6S/c1-16-13-26(17(2)15-27)33(29,30)24-10-9-20(19-7-6-8-21(11-19)31-5)12-22(24)32-23(16)14-25(4)18(3)28/h6-12,16-17,23,27H,13-15H2,1-5H3/t16-,17-,23-/m0/s1. The Labute approximate surface area is 195 Å². The molecular formula is C24H32N2O6S. The number of hydrogen-bond acceptors (Lipinski definition) is 6. The summed E-state index contributed by atoms with van der Waals surface area (Å²) in [5, 5.41) is 9.74. The van der Waals surface area contributed by atoms with Crippen molar-refractivity contribution in [3.63, 3.8) is 0 Å². The molecule has 0 spiro atoms. The Balaban J connectivity index is 2.14.